The van der Waals surface area contributed by atoms with Gasteiger partial charge in [0.15, 0.2) is 5.54 Å². The molecule has 1 aromatic heterocycles. The third-order valence-corrected chi connectivity index (χ3v) is 3.52. The van der Waals surface area contributed by atoms with Gasteiger partial charge in [-0.25, -0.2) is 9.79 Å². The van der Waals surface area contributed by atoms with Gasteiger partial charge in [-0.3, -0.25) is 0 Å². The Kier molecular flexibility index (Phi) is 2.78. The largest absolute Gasteiger partial charge is 0.465 e. The van der Waals surface area contributed by atoms with Gasteiger partial charge in [-0.05, 0) is 31.1 Å². The van der Waals surface area contributed by atoms with Gasteiger partial charge >= 0.3 is 5.97 Å². The second-order valence-electron chi connectivity index (χ2n) is 4.78. The highest BCUT2D eigenvalue weighted by Crippen LogP contribution is 2.36. The number of aliphatic imine (C=N–C) groups is 1. The van der Waals surface area contributed by atoms with Crippen LogP contribution in [-0.2, 0) is 9.53 Å². The van der Waals surface area contributed by atoms with E-state index in [1.165, 1.54) is 6.42 Å². The molecule has 0 unspecified atom stereocenters. The summed E-state index contributed by atoms with van der Waals surface area (Å²) in [7, 11) is 0. The lowest BCUT2D eigenvalue weighted by atomic mass is 9.83. The van der Waals surface area contributed by atoms with Crippen molar-refractivity contribution in [2.75, 3.05) is 0 Å². The maximum Gasteiger partial charge on any atom is 0.340 e. The Labute approximate surface area is 105 Å². The highest BCUT2D eigenvalue weighted by atomic mass is 16.6. The molecule has 0 aromatic carbocycles. The Morgan fingerprint density at radius 2 is 2.06 bits per heavy atom. The minimum absolute atomic E-state index is 0.193. The molecule has 2 aliphatic rings. The van der Waals surface area contributed by atoms with Crippen LogP contribution >= 0.6 is 0 Å². The van der Waals surface area contributed by atoms with Crippen molar-refractivity contribution >= 4 is 17.9 Å². The van der Waals surface area contributed by atoms with Gasteiger partial charge in [0.25, 0.3) is 0 Å². The van der Waals surface area contributed by atoms with E-state index in [0.717, 1.165) is 31.4 Å². The number of nitrogens with zero attached hydrogens (tertiary/aromatic N) is 1. The minimum atomic E-state index is -0.596. The Hall–Kier alpha value is -1.84. The van der Waals surface area contributed by atoms with Gasteiger partial charge in [-0.1, -0.05) is 19.3 Å². The zero-order valence-electron chi connectivity index (χ0n) is 10.1. The van der Waals surface area contributed by atoms with Crippen LogP contribution in [0, 0.1) is 0 Å². The number of cyclic esters (lactones) is 1. The minimum Gasteiger partial charge on any atom is -0.465 e. The Balaban J connectivity index is 1.78. The fourth-order valence-corrected chi connectivity index (χ4v) is 2.53. The predicted octanol–water partition coefficient (Wildman–Crippen LogP) is 2.95. The van der Waals surface area contributed by atoms with Crippen LogP contribution in [0.25, 0.3) is 6.08 Å². The Morgan fingerprint density at radius 3 is 2.78 bits per heavy atom. The second kappa shape index (κ2) is 4.44. The summed E-state index contributed by atoms with van der Waals surface area (Å²) in [5, 5.41) is 0. The summed E-state index contributed by atoms with van der Waals surface area (Å²) in [5.41, 5.74) is -0.596. The quantitative estimate of drug-likeness (QED) is 0.753. The molecule has 4 heteroatoms. The molecule has 1 fully saturated rings. The summed E-state index contributed by atoms with van der Waals surface area (Å²) in [5.74, 6) is 0.929. The highest BCUT2D eigenvalue weighted by molar-refractivity contribution is 6.06. The van der Waals surface area contributed by atoms with Crippen LogP contribution in [0.3, 0.4) is 0 Å². The van der Waals surface area contributed by atoms with E-state index < -0.39 is 5.54 Å². The molecule has 1 aromatic rings. The van der Waals surface area contributed by atoms with E-state index in [2.05, 4.69) is 4.99 Å². The normalized spacial score (nSPS) is 22.4. The number of furan rings is 1. The van der Waals surface area contributed by atoms with Crippen molar-refractivity contribution in [3.05, 3.63) is 30.2 Å². The van der Waals surface area contributed by atoms with E-state index in [9.17, 15) is 4.79 Å². The van der Waals surface area contributed by atoms with Crippen LogP contribution in [0.4, 0.5) is 0 Å². The zero-order chi connectivity index (χ0) is 12.4. The standard InChI is InChI=1S/C14H15NO3/c16-13-14(8-2-1-3-9-14)15-12(18-13)7-6-11-5-4-10-17-11/h4-7,10H,1-3,8-9H2/b7-6+. The summed E-state index contributed by atoms with van der Waals surface area (Å²) in [6, 6.07) is 3.65. The third kappa shape index (κ3) is 1.98. The Bertz CT molecular complexity index is 493. The van der Waals surface area contributed by atoms with Crippen molar-refractivity contribution in [1.82, 2.24) is 0 Å². The van der Waals surface area contributed by atoms with Gasteiger partial charge in [-0.2, -0.15) is 0 Å². The second-order valence-corrected chi connectivity index (χ2v) is 4.78. The number of carbonyl (C=O) groups excluding carboxylic acids is 1. The van der Waals surface area contributed by atoms with Crippen LogP contribution in [0.5, 0.6) is 0 Å². The Morgan fingerprint density at radius 1 is 1.22 bits per heavy atom. The molecule has 3 rings (SSSR count). The average Bonchev–Trinajstić information content (AvgIpc) is 2.98. The zero-order valence-corrected chi connectivity index (χ0v) is 10.1. The lowest BCUT2D eigenvalue weighted by Gasteiger charge is -2.25. The van der Waals surface area contributed by atoms with Crippen molar-refractivity contribution in [3.8, 4) is 0 Å². The van der Waals surface area contributed by atoms with Crippen molar-refractivity contribution < 1.29 is 13.9 Å². The summed E-state index contributed by atoms with van der Waals surface area (Å²) in [6.45, 7) is 0. The molecule has 1 spiro atoms. The number of ether oxygens (including phenoxy) is 1. The van der Waals surface area contributed by atoms with E-state index in [1.807, 2.05) is 12.1 Å². The van der Waals surface area contributed by atoms with E-state index in [4.69, 9.17) is 9.15 Å². The van der Waals surface area contributed by atoms with E-state index in [1.54, 1.807) is 18.4 Å². The van der Waals surface area contributed by atoms with Gasteiger partial charge in [0.2, 0.25) is 5.90 Å². The van der Waals surface area contributed by atoms with Crippen LogP contribution in [-0.4, -0.2) is 17.4 Å². The van der Waals surface area contributed by atoms with Gasteiger partial charge in [0.05, 0.1) is 6.26 Å². The fraction of sp³-hybridized carbons (Fsp3) is 0.429. The topological polar surface area (TPSA) is 51.8 Å². The highest BCUT2D eigenvalue weighted by Gasteiger charge is 2.45. The molecule has 0 saturated heterocycles. The number of rotatable bonds is 2. The predicted molar refractivity (Wildman–Crippen MR) is 67.1 cm³/mol. The van der Waals surface area contributed by atoms with Crippen LogP contribution in [0.15, 0.2) is 33.9 Å². The molecule has 0 bridgehead atoms. The first kappa shape index (κ1) is 11.3. The SMILES string of the molecule is O=C1OC(/C=C/c2ccco2)=NC12CCCCC2. The number of hydrogen-bond donors (Lipinski definition) is 0. The monoisotopic (exact) mass is 245 g/mol. The maximum atomic E-state index is 11.9. The molecule has 0 amide bonds. The first-order chi connectivity index (χ1) is 8.78. The first-order valence-corrected chi connectivity index (χ1v) is 6.32. The first-order valence-electron chi connectivity index (χ1n) is 6.32. The molecule has 0 radical (unpaired) electrons. The van der Waals surface area contributed by atoms with Crippen LogP contribution in [0.2, 0.25) is 0 Å². The molecule has 0 N–H and O–H groups in total. The van der Waals surface area contributed by atoms with Crippen molar-refractivity contribution in [1.29, 1.82) is 0 Å². The van der Waals surface area contributed by atoms with Crippen LogP contribution in [0.1, 0.15) is 37.9 Å². The number of esters is 1. The fourth-order valence-electron chi connectivity index (χ4n) is 2.53. The molecule has 94 valence electrons. The van der Waals surface area contributed by atoms with Gasteiger partial charge in [-0.15, -0.1) is 0 Å². The molecular weight excluding hydrogens is 230 g/mol. The molecule has 0 atom stereocenters. The molecule has 1 aliphatic carbocycles. The van der Waals surface area contributed by atoms with Gasteiger partial charge in [0, 0.05) is 6.08 Å². The average molecular weight is 245 g/mol. The molecule has 4 nitrogen and oxygen atoms in total. The molecule has 2 heterocycles. The van der Waals surface area contributed by atoms with Gasteiger partial charge < -0.3 is 9.15 Å². The molecular formula is C14H15NO3. The van der Waals surface area contributed by atoms with Crippen molar-refractivity contribution in [2.24, 2.45) is 4.99 Å². The third-order valence-electron chi connectivity index (χ3n) is 3.52. The van der Waals surface area contributed by atoms with E-state index >= 15 is 0 Å². The van der Waals surface area contributed by atoms with Crippen molar-refractivity contribution in [2.45, 2.75) is 37.6 Å². The summed E-state index contributed by atoms with van der Waals surface area (Å²) in [4.78, 5) is 16.4. The van der Waals surface area contributed by atoms with E-state index in [0.29, 0.717) is 5.90 Å². The molecule has 1 aliphatic heterocycles. The van der Waals surface area contributed by atoms with Crippen molar-refractivity contribution in [3.63, 3.8) is 0 Å². The lowest BCUT2D eigenvalue weighted by molar-refractivity contribution is -0.140. The molecule has 1 saturated carbocycles. The van der Waals surface area contributed by atoms with Gasteiger partial charge in [0.1, 0.15) is 5.76 Å². The summed E-state index contributed by atoms with van der Waals surface area (Å²) < 4.78 is 10.4. The lowest BCUT2D eigenvalue weighted by Crippen LogP contribution is -2.35. The van der Waals surface area contributed by atoms with E-state index in [-0.39, 0.29) is 5.97 Å². The number of hydrogen-bond acceptors (Lipinski definition) is 4. The van der Waals surface area contributed by atoms with Crippen LogP contribution < -0.4 is 0 Å². The summed E-state index contributed by atoms with van der Waals surface area (Å²) in [6.07, 6.45) is 9.95. The maximum absolute atomic E-state index is 11.9. The number of carbonyl (C=O) groups is 1. The smallest absolute Gasteiger partial charge is 0.340 e. The summed E-state index contributed by atoms with van der Waals surface area (Å²) >= 11 is 0. The molecule has 18 heavy (non-hydrogen) atoms.